The number of aromatic nitrogens is 2. The number of carbonyl (C=O) groups excluding carboxylic acids is 1. The molecular weight excluding hydrogens is 284 g/mol. The Labute approximate surface area is 129 Å². The highest BCUT2D eigenvalue weighted by atomic mass is 16.6. The van der Waals surface area contributed by atoms with Gasteiger partial charge in [-0.05, 0) is 33.8 Å². The number of anilines is 1. The van der Waals surface area contributed by atoms with Gasteiger partial charge < -0.3 is 14.5 Å². The number of rotatable bonds is 5. The van der Waals surface area contributed by atoms with Gasteiger partial charge in [0.2, 0.25) is 0 Å². The van der Waals surface area contributed by atoms with Gasteiger partial charge in [-0.1, -0.05) is 0 Å². The molecule has 7 heteroatoms. The number of carbonyl (C=O) groups is 1. The van der Waals surface area contributed by atoms with Crippen molar-refractivity contribution in [3.05, 3.63) is 35.9 Å². The van der Waals surface area contributed by atoms with Crippen LogP contribution in [0.5, 0.6) is 0 Å². The summed E-state index contributed by atoms with van der Waals surface area (Å²) in [7, 11) is 0. The molecule has 0 spiro atoms. The Bertz CT molecular complexity index is 599. The number of H-pyrrole nitrogens is 1. The van der Waals surface area contributed by atoms with Crippen molar-refractivity contribution in [3.63, 3.8) is 0 Å². The first-order chi connectivity index (χ1) is 10.3. The van der Waals surface area contributed by atoms with Crippen LogP contribution in [0.2, 0.25) is 0 Å². The third kappa shape index (κ3) is 4.63. The molecule has 0 saturated heterocycles. The van der Waals surface area contributed by atoms with Gasteiger partial charge in [-0.3, -0.25) is 10.4 Å². The summed E-state index contributed by atoms with van der Waals surface area (Å²) in [6.45, 7) is 8.03. The first-order valence-corrected chi connectivity index (χ1v) is 7.13. The summed E-state index contributed by atoms with van der Waals surface area (Å²) >= 11 is 0. The number of hydrogen-bond acceptors (Lipinski definition) is 5. The summed E-state index contributed by atoms with van der Waals surface area (Å²) in [5.41, 5.74) is 1.37. The number of aromatic amines is 1. The monoisotopic (exact) mass is 306 g/mol. The molecule has 0 aliphatic carbocycles. The van der Waals surface area contributed by atoms with E-state index in [9.17, 15) is 4.79 Å². The number of hydrogen-bond donors (Lipinski definition) is 3. The zero-order valence-corrected chi connectivity index (χ0v) is 13.3. The average Bonchev–Trinajstić information content (AvgIpc) is 3.04. The van der Waals surface area contributed by atoms with Crippen LogP contribution in [-0.4, -0.2) is 21.9 Å². The van der Waals surface area contributed by atoms with Crippen LogP contribution >= 0.6 is 0 Å². The lowest BCUT2D eigenvalue weighted by Crippen LogP contribution is -2.28. The van der Waals surface area contributed by atoms with Crippen molar-refractivity contribution in [2.75, 3.05) is 5.32 Å². The van der Waals surface area contributed by atoms with Gasteiger partial charge in [0.05, 0.1) is 18.7 Å². The second-order valence-electron chi connectivity index (χ2n) is 6.06. The molecule has 0 aliphatic heterocycles. The fourth-order valence-corrected chi connectivity index (χ4v) is 1.86. The minimum Gasteiger partial charge on any atom is -0.472 e. The maximum absolute atomic E-state index is 11.8. The Morgan fingerprint density at radius 2 is 2.27 bits per heavy atom. The standard InChI is InChI=1S/C15H22N4O3/c1-10(11-5-6-21-9-11)16-7-12-8-17-19-13(12)18-14(20)22-15(2,3)4/h5-6,8-10,16H,7H2,1-4H3,(H2,17,18,19,20). The molecule has 1 unspecified atom stereocenters. The van der Waals surface area contributed by atoms with E-state index in [1.54, 1.807) is 18.7 Å². The Morgan fingerprint density at radius 3 is 2.91 bits per heavy atom. The highest BCUT2D eigenvalue weighted by Crippen LogP contribution is 2.17. The van der Waals surface area contributed by atoms with Crippen LogP contribution in [0.25, 0.3) is 0 Å². The van der Waals surface area contributed by atoms with Gasteiger partial charge in [-0.2, -0.15) is 5.10 Å². The first-order valence-electron chi connectivity index (χ1n) is 7.13. The van der Waals surface area contributed by atoms with E-state index >= 15 is 0 Å². The molecule has 120 valence electrons. The fraction of sp³-hybridized carbons (Fsp3) is 0.467. The van der Waals surface area contributed by atoms with Crippen LogP contribution in [0.15, 0.2) is 29.2 Å². The average molecular weight is 306 g/mol. The van der Waals surface area contributed by atoms with Crippen molar-refractivity contribution in [2.24, 2.45) is 0 Å². The summed E-state index contributed by atoms with van der Waals surface area (Å²) in [6.07, 6.45) is 4.50. The summed E-state index contributed by atoms with van der Waals surface area (Å²) in [5, 5.41) is 12.7. The quantitative estimate of drug-likeness (QED) is 0.789. The molecule has 0 aliphatic rings. The van der Waals surface area contributed by atoms with Crippen LogP contribution in [0.4, 0.5) is 10.6 Å². The lowest BCUT2D eigenvalue weighted by molar-refractivity contribution is 0.0635. The Balaban J connectivity index is 1.91. The van der Waals surface area contributed by atoms with E-state index < -0.39 is 11.7 Å². The van der Waals surface area contributed by atoms with Gasteiger partial charge in [0, 0.05) is 23.7 Å². The number of ether oxygens (including phenoxy) is 1. The Hall–Kier alpha value is -2.28. The molecule has 2 aromatic heterocycles. The third-order valence-corrected chi connectivity index (χ3v) is 2.99. The molecule has 2 rings (SSSR count). The highest BCUT2D eigenvalue weighted by Gasteiger charge is 2.18. The summed E-state index contributed by atoms with van der Waals surface area (Å²) in [6, 6.07) is 2.04. The molecule has 0 saturated carbocycles. The predicted octanol–water partition coefficient (Wildman–Crippen LogP) is 3.20. The maximum Gasteiger partial charge on any atom is 0.413 e. The van der Waals surface area contributed by atoms with E-state index in [-0.39, 0.29) is 6.04 Å². The maximum atomic E-state index is 11.8. The minimum absolute atomic E-state index is 0.128. The van der Waals surface area contributed by atoms with Gasteiger partial charge in [0.15, 0.2) is 0 Å². The molecule has 7 nitrogen and oxygen atoms in total. The first kappa shape index (κ1) is 16.1. The topological polar surface area (TPSA) is 92.2 Å². The molecule has 0 fully saturated rings. The Morgan fingerprint density at radius 1 is 1.50 bits per heavy atom. The van der Waals surface area contributed by atoms with Crippen molar-refractivity contribution in [2.45, 2.75) is 45.9 Å². The minimum atomic E-state index is -0.543. The van der Waals surface area contributed by atoms with Crippen molar-refractivity contribution < 1.29 is 13.9 Å². The number of amides is 1. The van der Waals surface area contributed by atoms with Crippen molar-refractivity contribution >= 4 is 11.9 Å². The lowest BCUT2D eigenvalue weighted by atomic mass is 10.2. The summed E-state index contributed by atoms with van der Waals surface area (Å²) in [5.74, 6) is 0.529. The van der Waals surface area contributed by atoms with Gasteiger partial charge in [0.25, 0.3) is 0 Å². The molecule has 3 N–H and O–H groups in total. The zero-order valence-electron chi connectivity index (χ0n) is 13.3. The van der Waals surface area contributed by atoms with E-state index in [1.807, 2.05) is 33.8 Å². The van der Waals surface area contributed by atoms with E-state index in [0.717, 1.165) is 11.1 Å². The normalized spacial score (nSPS) is 12.9. The molecule has 0 bridgehead atoms. The summed E-state index contributed by atoms with van der Waals surface area (Å²) in [4.78, 5) is 11.8. The molecule has 0 radical (unpaired) electrons. The Kier molecular flexibility index (Phi) is 4.87. The van der Waals surface area contributed by atoms with Crippen LogP contribution < -0.4 is 10.6 Å². The van der Waals surface area contributed by atoms with Crippen LogP contribution in [-0.2, 0) is 11.3 Å². The second-order valence-corrected chi connectivity index (χ2v) is 6.06. The predicted molar refractivity (Wildman–Crippen MR) is 82.4 cm³/mol. The fourth-order valence-electron chi connectivity index (χ4n) is 1.86. The second kappa shape index (κ2) is 6.65. The molecule has 22 heavy (non-hydrogen) atoms. The molecule has 1 amide bonds. The van der Waals surface area contributed by atoms with Gasteiger partial charge in [-0.15, -0.1) is 0 Å². The highest BCUT2D eigenvalue weighted by molar-refractivity contribution is 5.84. The van der Waals surface area contributed by atoms with Crippen LogP contribution in [0, 0.1) is 0 Å². The molecule has 2 heterocycles. The molecule has 2 aromatic rings. The lowest BCUT2D eigenvalue weighted by Gasteiger charge is -2.19. The van der Waals surface area contributed by atoms with Crippen LogP contribution in [0.3, 0.4) is 0 Å². The van der Waals surface area contributed by atoms with Crippen LogP contribution in [0.1, 0.15) is 44.9 Å². The molecule has 0 aromatic carbocycles. The van der Waals surface area contributed by atoms with Gasteiger partial charge in [0.1, 0.15) is 11.4 Å². The van der Waals surface area contributed by atoms with Gasteiger partial charge in [-0.25, -0.2) is 4.79 Å². The van der Waals surface area contributed by atoms with Crippen molar-refractivity contribution in [3.8, 4) is 0 Å². The van der Waals surface area contributed by atoms with Gasteiger partial charge >= 0.3 is 6.09 Å². The summed E-state index contributed by atoms with van der Waals surface area (Å²) < 4.78 is 10.3. The molecule has 1 atom stereocenters. The molecular formula is C15H22N4O3. The van der Waals surface area contributed by atoms with E-state index in [0.29, 0.717) is 12.4 Å². The third-order valence-electron chi connectivity index (χ3n) is 2.99. The number of nitrogens with zero attached hydrogens (tertiary/aromatic N) is 1. The van der Waals surface area contributed by atoms with E-state index in [2.05, 4.69) is 20.8 Å². The van der Waals surface area contributed by atoms with E-state index in [4.69, 9.17) is 9.15 Å². The number of nitrogens with one attached hydrogen (secondary N) is 3. The van der Waals surface area contributed by atoms with Crippen molar-refractivity contribution in [1.29, 1.82) is 0 Å². The van der Waals surface area contributed by atoms with E-state index in [1.165, 1.54) is 0 Å². The largest absolute Gasteiger partial charge is 0.472 e. The smallest absolute Gasteiger partial charge is 0.413 e. The number of furan rings is 1. The van der Waals surface area contributed by atoms with Crippen molar-refractivity contribution in [1.82, 2.24) is 15.5 Å². The zero-order chi connectivity index (χ0) is 16.2. The SMILES string of the molecule is CC(NCc1cn[nH]c1NC(=O)OC(C)(C)C)c1ccoc1.